The van der Waals surface area contributed by atoms with Crippen LogP contribution in [0.1, 0.15) is 11.3 Å². The SMILES string of the molecule is C[NH+](CCc1ccccn1)Cc1ccccc1F. The molecular formula is C15H18FN2+. The number of hydrogen-bond donors (Lipinski definition) is 1. The summed E-state index contributed by atoms with van der Waals surface area (Å²) in [5.41, 5.74) is 1.86. The number of hydrogen-bond acceptors (Lipinski definition) is 1. The molecule has 2 rings (SSSR count). The molecule has 18 heavy (non-hydrogen) atoms. The molecule has 3 heteroatoms. The maximum Gasteiger partial charge on any atom is 0.132 e. The quantitative estimate of drug-likeness (QED) is 0.844. The van der Waals surface area contributed by atoms with E-state index in [9.17, 15) is 4.39 Å². The largest absolute Gasteiger partial charge is 0.333 e. The van der Waals surface area contributed by atoms with Crippen molar-refractivity contribution in [1.29, 1.82) is 0 Å². The maximum absolute atomic E-state index is 13.5. The standard InChI is InChI=1S/C15H17FN2/c1-18(11-9-14-7-4-5-10-17-14)12-13-6-2-3-8-15(13)16/h2-8,10H,9,11-12H2,1H3/p+1. The molecule has 0 saturated heterocycles. The summed E-state index contributed by atoms with van der Waals surface area (Å²) in [6, 6.07) is 12.9. The molecule has 2 aromatic rings. The van der Waals surface area contributed by atoms with Gasteiger partial charge in [0.05, 0.1) is 13.6 Å². The van der Waals surface area contributed by atoms with Gasteiger partial charge in [-0.2, -0.15) is 0 Å². The van der Waals surface area contributed by atoms with Crippen LogP contribution in [0.25, 0.3) is 0 Å². The molecule has 0 spiro atoms. The number of quaternary nitrogens is 1. The van der Waals surface area contributed by atoms with E-state index in [0.717, 1.165) is 24.2 Å². The second kappa shape index (κ2) is 6.26. The molecule has 0 aliphatic carbocycles. The Balaban J connectivity index is 1.86. The van der Waals surface area contributed by atoms with Gasteiger partial charge in [-0.15, -0.1) is 0 Å². The van der Waals surface area contributed by atoms with E-state index in [1.807, 2.05) is 36.5 Å². The monoisotopic (exact) mass is 245 g/mol. The third-order valence-corrected chi connectivity index (χ3v) is 2.98. The first-order chi connectivity index (χ1) is 8.75. The number of rotatable bonds is 5. The molecule has 1 unspecified atom stereocenters. The third-order valence-electron chi connectivity index (χ3n) is 2.98. The molecule has 0 amide bonds. The zero-order chi connectivity index (χ0) is 12.8. The predicted molar refractivity (Wildman–Crippen MR) is 69.8 cm³/mol. The van der Waals surface area contributed by atoms with Crippen molar-refractivity contribution in [3.63, 3.8) is 0 Å². The molecule has 0 bridgehead atoms. The highest BCUT2D eigenvalue weighted by Gasteiger charge is 2.08. The number of nitrogens with zero attached hydrogens (tertiary/aromatic N) is 1. The fourth-order valence-corrected chi connectivity index (χ4v) is 1.94. The molecule has 0 fully saturated rings. The fourth-order valence-electron chi connectivity index (χ4n) is 1.94. The van der Waals surface area contributed by atoms with Crippen molar-refractivity contribution in [2.75, 3.05) is 13.6 Å². The fraction of sp³-hybridized carbons (Fsp3) is 0.267. The molecule has 1 aromatic carbocycles. The second-order valence-corrected chi connectivity index (χ2v) is 4.55. The number of likely N-dealkylation sites (N-methyl/N-ethyl adjacent to an activating group) is 1. The molecule has 1 N–H and O–H groups in total. The first kappa shape index (κ1) is 12.7. The Hall–Kier alpha value is -1.74. The highest BCUT2D eigenvalue weighted by molar-refractivity contribution is 5.15. The van der Waals surface area contributed by atoms with Gasteiger partial charge < -0.3 is 4.90 Å². The van der Waals surface area contributed by atoms with E-state index < -0.39 is 0 Å². The first-order valence-corrected chi connectivity index (χ1v) is 6.20. The Morgan fingerprint density at radius 1 is 1.11 bits per heavy atom. The first-order valence-electron chi connectivity index (χ1n) is 6.20. The topological polar surface area (TPSA) is 17.3 Å². The Bertz CT molecular complexity index is 485. The van der Waals surface area contributed by atoms with Crippen molar-refractivity contribution in [2.24, 2.45) is 0 Å². The van der Waals surface area contributed by atoms with Crippen LogP contribution in [0.2, 0.25) is 0 Å². The summed E-state index contributed by atoms with van der Waals surface area (Å²) in [5.74, 6) is -0.116. The number of benzene rings is 1. The lowest BCUT2D eigenvalue weighted by Crippen LogP contribution is -3.07. The summed E-state index contributed by atoms with van der Waals surface area (Å²) in [6.07, 6.45) is 2.72. The third kappa shape index (κ3) is 3.64. The predicted octanol–water partition coefficient (Wildman–Crippen LogP) is 1.48. The summed E-state index contributed by atoms with van der Waals surface area (Å²) >= 11 is 0. The lowest BCUT2D eigenvalue weighted by molar-refractivity contribution is -0.893. The highest BCUT2D eigenvalue weighted by atomic mass is 19.1. The van der Waals surface area contributed by atoms with Gasteiger partial charge in [-0.3, -0.25) is 4.98 Å². The number of nitrogens with one attached hydrogen (secondary N) is 1. The van der Waals surface area contributed by atoms with E-state index in [1.165, 1.54) is 11.0 Å². The Morgan fingerprint density at radius 3 is 2.61 bits per heavy atom. The molecular weight excluding hydrogens is 227 g/mol. The van der Waals surface area contributed by atoms with Gasteiger partial charge in [-0.25, -0.2) is 4.39 Å². The summed E-state index contributed by atoms with van der Waals surface area (Å²) < 4.78 is 13.5. The van der Waals surface area contributed by atoms with Gasteiger partial charge in [0.15, 0.2) is 0 Å². The highest BCUT2D eigenvalue weighted by Crippen LogP contribution is 2.04. The normalized spacial score (nSPS) is 12.3. The minimum absolute atomic E-state index is 0.116. The lowest BCUT2D eigenvalue weighted by Gasteiger charge is -2.14. The summed E-state index contributed by atoms with van der Waals surface area (Å²) in [7, 11) is 2.08. The van der Waals surface area contributed by atoms with Crippen molar-refractivity contribution < 1.29 is 9.29 Å². The van der Waals surface area contributed by atoms with E-state index in [-0.39, 0.29) is 5.82 Å². The van der Waals surface area contributed by atoms with Crippen molar-refractivity contribution in [3.05, 3.63) is 65.7 Å². The van der Waals surface area contributed by atoms with E-state index in [1.54, 1.807) is 6.07 Å². The number of halogens is 1. The Morgan fingerprint density at radius 2 is 1.89 bits per heavy atom. The average molecular weight is 245 g/mol. The summed E-state index contributed by atoms with van der Waals surface area (Å²) in [6.45, 7) is 1.66. The van der Waals surface area contributed by atoms with Gasteiger partial charge >= 0.3 is 0 Å². The second-order valence-electron chi connectivity index (χ2n) is 4.55. The number of aromatic nitrogens is 1. The van der Waals surface area contributed by atoms with E-state index >= 15 is 0 Å². The smallest absolute Gasteiger partial charge is 0.132 e. The summed E-state index contributed by atoms with van der Waals surface area (Å²) in [4.78, 5) is 5.57. The molecule has 0 saturated carbocycles. The van der Waals surface area contributed by atoms with E-state index in [4.69, 9.17) is 0 Å². The van der Waals surface area contributed by atoms with Crippen LogP contribution in [0, 0.1) is 5.82 Å². The molecule has 1 heterocycles. The zero-order valence-electron chi connectivity index (χ0n) is 10.6. The van der Waals surface area contributed by atoms with E-state index in [0.29, 0.717) is 6.54 Å². The molecule has 0 aliphatic rings. The van der Waals surface area contributed by atoms with Gasteiger partial charge in [0.25, 0.3) is 0 Å². The van der Waals surface area contributed by atoms with Crippen LogP contribution in [0.5, 0.6) is 0 Å². The van der Waals surface area contributed by atoms with E-state index in [2.05, 4.69) is 12.0 Å². The van der Waals surface area contributed by atoms with Crippen molar-refractivity contribution in [2.45, 2.75) is 13.0 Å². The van der Waals surface area contributed by atoms with Gasteiger partial charge in [0, 0.05) is 23.9 Å². The molecule has 94 valence electrons. The van der Waals surface area contributed by atoms with Crippen LogP contribution in [0.3, 0.4) is 0 Å². The maximum atomic E-state index is 13.5. The lowest BCUT2D eigenvalue weighted by atomic mass is 10.2. The van der Waals surface area contributed by atoms with Crippen molar-refractivity contribution in [1.82, 2.24) is 4.98 Å². The minimum Gasteiger partial charge on any atom is -0.333 e. The van der Waals surface area contributed by atoms with Crippen LogP contribution in [-0.4, -0.2) is 18.6 Å². The van der Waals surface area contributed by atoms with Gasteiger partial charge in [-0.1, -0.05) is 24.3 Å². The van der Waals surface area contributed by atoms with Gasteiger partial charge in [0.2, 0.25) is 0 Å². The van der Waals surface area contributed by atoms with Gasteiger partial charge in [-0.05, 0) is 18.2 Å². The molecule has 1 aromatic heterocycles. The molecule has 1 atom stereocenters. The Kier molecular flexibility index (Phi) is 4.42. The van der Waals surface area contributed by atoms with Gasteiger partial charge in [0.1, 0.15) is 12.4 Å². The Labute approximate surface area is 107 Å². The van der Waals surface area contributed by atoms with Crippen LogP contribution in [0.4, 0.5) is 4.39 Å². The van der Waals surface area contributed by atoms with Crippen molar-refractivity contribution >= 4 is 0 Å². The average Bonchev–Trinajstić information content (AvgIpc) is 2.40. The number of pyridine rings is 1. The van der Waals surface area contributed by atoms with Crippen LogP contribution in [-0.2, 0) is 13.0 Å². The van der Waals surface area contributed by atoms with Crippen LogP contribution < -0.4 is 4.90 Å². The van der Waals surface area contributed by atoms with Crippen LogP contribution >= 0.6 is 0 Å². The molecule has 0 aliphatic heterocycles. The minimum atomic E-state index is -0.116. The molecule has 2 nitrogen and oxygen atoms in total. The molecule has 0 radical (unpaired) electrons. The summed E-state index contributed by atoms with van der Waals surface area (Å²) in [5, 5.41) is 0. The zero-order valence-corrected chi connectivity index (χ0v) is 10.6. The van der Waals surface area contributed by atoms with Crippen LogP contribution in [0.15, 0.2) is 48.7 Å². The van der Waals surface area contributed by atoms with Crippen molar-refractivity contribution in [3.8, 4) is 0 Å².